The number of anilines is 1. The van der Waals surface area contributed by atoms with Gasteiger partial charge in [0.25, 0.3) is 0 Å². The van der Waals surface area contributed by atoms with Crippen LogP contribution in [-0.4, -0.2) is 16.8 Å². The lowest BCUT2D eigenvalue weighted by atomic mass is 10.2. The minimum absolute atomic E-state index is 0.0411. The summed E-state index contributed by atoms with van der Waals surface area (Å²) in [7, 11) is 0. The van der Waals surface area contributed by atoms with E-state index < -0.39 is 0 Å². The first-order valence-electron chi connectivity index (χ1n) is 5.09. The SMILES string of the molecule is CC(=O)SC[C@H](C)C(=O)Nc1ccccc1. The number of carbonyl (C=O) groups excluding carboxylic acids is 2. The summed E-state index contributed by atoms with van der Waals surface area (Å²) >= 11 is 1.18. The zero-order valence-corrected chi connectivity index (χ0v) is 10.2. The molecule has 0 radical (unpaired) electrons. The van der Waals surface area contributed by atoms with E-state index in [1.54, 1.807) is 0 Å². The lowest BCUT2D eigenvalue weighted by Gasteiger charge is -2.10. The van der Waals surface area contributed by atoms with E-state index in [1.165, 1.54) is 18.7 Å². The maximum atomic E-state index is 11.7. The van der Waals surface area contributed by atoms with Crippen molar-refractivity contribution >= 4 is 28.5 Å². The van der Waals surface area contributed by atoms with Crippen molar-refractivity contribution < 1.29 is 9.59 Å². The zero-order chi connectivity index (χ0) is 12.0. The van der Waals surface area contributed by atoms with Gasteiger partial charge in [0, 0.05) is 24.3 Å². The smallest absolute Gasteiger partial charge is 0.228 e. The van der Waals surface area contributed by atoms with Gasteiger partial charge in [-0.2, -0.15) is 0 Å². The lowest BCUT2D eigenvalue weighted by molar-refractivity contribution is -0.118. The fraction of sp³-hybridized carbons (Fsp3) is 0.333. The number of rotatable bonds is 4. The fourth-order valence-corrected chi connectivity index (χ4v) is 1.74. The molecule has 1 rings (SSSR count). The maximum Gasteiger partial charge on any atom is 0.228 e. The average molecular weight is 237 g/mol. The van der Waals surface area contributed by atoms with Crippen LogP contribution in [0.4, 0.5) is 5.69 Å². The molecule has 0 bridgehead atoms. The summed E-state index contributed by atoms with van der Waals surface area (Å²) in [4.78, 5) is 22.4. The Balaban J connectivity index is 2.43. The summed E-state index contributed by atoms with van der Waals surface area (Å²) in [6.07, 6.45) is 0. The molecule has 0 saturated carbocycles. The minimum Gasteiger partial charge on any atom is -0.326 e. The predicted octanol–water partition coefficient (Wildman–Crippen LogP) is 2.54. The molecule has 1 aromatic rings. The summed E-state index contributed by atoms with van der Waals surface area (Å²) in [6, 6.07) is 9.30. The van der Waals surface area contributed by atoms with Crippen LogP contribution in [0.3, 0.4) is 0 Å². The second kappa shape index (κ2) is 6.33. The van der Waals surface area contributed by atoms with Gasteiger partial charge in [-0.05, 0) is 12.1 Å². The zero-order valence-electron chi connectivity index (χ0n) is 9.40. The highest BCUT2D eigenvalue weighted by atomic mass is 32.2. The van der Waals surface area contributed by atoms with Gasteiger partial charge in [0.05, 0.1) is 0 Å². The molecular formula is C12H15NO2S. The van der Waals surface area contributed by atoms with Gasteiger partial charge in [-0.3, -0.25) is 9.59 Å². The quantitative estimate of drug-likeness (QED) is 0.875. The van der Waals surface area contributed by atoms with E-state index in [2.05, 4.69) is 5.32 Å². The molecule has 1 amide bonds. The second-order valence-electron chi connectivity index (χ2n) is 3.56. The molecule has 0 saturated heterocycles. The fourth-order valence-electron chi connectivity index (χ4n) is 1.10. The molecule has 0 heterocycles. The first-order chi connectivity index (χ1) is 7.59. The van der Waals surface area contributed by atoms with Gasteiger partial charge in [0.2, 0.25) is 5.91 Å². The van der Waals surface area contributed by atoms with Crippen LogP contribution in [0, 0.1) is 5.92 Å². The number of benzene rings is 1. The molecule has 1 N–H and O–H groups in total. The van der Waals surface area contributed by atoms with Crippen molar-refractivity contribution in [3.05, 3.63) is 30.3 Å². The topological polar surface area (TPSA) is 46.2 Å². The van der Waals surface area contributed by atoms with Crippen LogP contribution < -0.4 is 5.32 Å². The van der Waals surface area contributed by atoms with Crippen LogP contribution in [0.2, 0.25) is 0 Å². The Hall–Kier alpha value is -1.29. The highest BCUT2D eigenvalue weighted by Crippen LogP contribution is 2.12. The largest absolute Gasteiger partial charge is 0.326 e. The van der Waals surface area contributed by atoms with Gasteiger partial charge in [0.15, 0.2) is 5.12 Å². The van der Waals surface area contributed by atoms with E-state index in [4.69, 9.17) is 0 Å². The average Bonchev–Trinajstić information content (AvgIpc) is 2.27. The van der Waals surface area contributed by atoms with Gasteiger partial charge < -0.3 is 5.32 Å². The van der Waals surface area contributed by atoms with Gasteiger partial charge in [-0.15, -0.1) is 0 Å². The molecule has 0 unspecified atom stereocenters. The highest BCUT2D eigenvalue weighted by Gasteiger charge is 2.13. The third kappa shape index (κ3) is 4.49. The number of hydrogen-bond donors (Lipinski definition) is 1. The summed E-state index contributed by atoms with van der Waals surface area (Å²) in [5, 5.41) is 2.84. The molecule has 1 aromatic carbocycles. The minimum atomic E-state index is -0.172. The van der Waals surface area contributed by atoms with Crippen molar-refractivity contribution in [1.29, 1.82) is 0 Å². The van der Waals surface area contributed by atoms with Crippen molar-refractivity contribution in [2.45, 2.75) is 13.8 Å². The Bertz CT molecular complexity index is 365. The molecule has 0 fully saturated rings. The van der Waals surface area contributed by atoms with Crippen LogP contribution >= 0.6 is 11.8 Å². The van der Waals surface area contributed by atoms with Crippen molar-refractivity contribution in [2.75, 3.05) is 11.1 Å². The third-order valence-corrected chi connectivity index (χ3v) is 3.10. The number of amides is 1. The van der Waals surface area contributed by atoms with Gasteiger partial charge in [-0.1, -0.05) is 36.9 Å². The number of hydrogen-bond acceptors (Lipinski definition) is 3. The molecule has 1 atom stereocenters. The normalized spacial score (nSPS) is 11.9. The van der Waals surface area contributed by atoms with Crippen LogP contribution in [0.5, 0.6) is 0 Å². The number of carbonyl (C=O) groups is 2. The summed E-state index contributed by atoms with van der Waals surface area (Å²) < 4.78 is 0. The van der Waals surface area contributed by atoms with Crippen LogP contribution in [0.15, 0.2) is 30.3 Å². The van der Waals surface area contributed by atoms with E-state index in [0.29, 0.717) is 5.75 Å². The molecule has 4 heteroatoms. The van der Waals surface area contributed by atoms with Gasteiger partial charge in [-0.25, -0.2) is 0 Å². The number of thioether (sulfide) groups is 1. The summed E-state index contributed by atoms with van der Waals surface area (Å²) in [6.45, 7) is 3.32. The van der Waals surface area contributed by atoms with E-state index in [9.17, 15) is 9.59 Å². The molecule has 0 spiro atoms. The third-order valence-electron chi connectivity index (χ3n) is 2.03. The van der Waals surface area contributed by atoms with Gasteiger partial charge >= 0.3 is 0 Å². The standard InChI is InChI=1S/C12H15NO2S/c1-9(8-16-10(2)14)12(15)13-11-6-4-3-5-7-11/h3-7,9H,8H2,1-2H3,(H,13,15)/t9-/m0/s1. The number of para-hydroxylation sites is 1. The molecule has 86 valence electrons. The van der Waals surface area contributed by atoms with Crippen LogP contribution in [0.25, 0.3) is 0 Å². The lowest BCUT2D eigenvalue weighted by Crippen LogP contribution is -2.22. The van der Waals surface area contributed by atoms with E-state index in [0.717, 1.165) is 5.69 Å². The summed E-state index contributed by atoms with van der Waals surface area (Å²) in [5.74, 6) is 0.294. The van der Waals surface area contributed by atoms with Crippen molar-refractivity contribution in [3.63, 3.8) is 0 Å². The highest BCUT2D eigenvalue weighted by molar-refractivity contribution is 8.13. The van der Waals surface area contributed by atoms with Crippen molar-refractivity contribution in [2.24, 2.45) is 5.92 Å². The Labute approximate surface area is 99.6 Å². The molecule has 0 aromatic heterocycles. The molecular weight excluding hydrogens is 222 g/mol. The first kappa shape index (κ1) is 12.8. The molecule has 0 aliphatic heterocycles. The molecule has 16 heavy (non-hydrogen) atoms. The van der Waals surface area contributed by atoms with Gasteiger partial charge in [0.1, 0.15) is 0 Å². The predicted molar refractivity (Wildman–Crippen MR) is 67.4 cm³/mol. The van der Waals surface area contributed by atoms with Crippen LogP contribution in [-0.2, 0) is 9.59 Å². The number of nitrogens with one attached hydrogen (secondary N) is 1. The second-order valence-corrected chi connectivity index (χ2v) is 4.76. The van der Waals surface area contributed by atoms with Crippen molar-refractivity contribution in [1.82, 2.24) is 0 Å². The Kier molecular flexibility index (Phi) is 5.05. The Morgan fingerprint density at radius 3 is 2.50 bits per heavy atom. The maximum absolute atomic E-state index is 11.7. The molecule has 0 aliphatic carbocycles. The summed E-state index contributed by atoms with van der Waals surface area (Å²) in [5.41, 5.74) is 0.784. The van der Waals surface area contributed by atoms with Crippen molar-refractivity contribution in [3.8, 4) is 0 Å². The van der Waals surface area contributed by atoms with E-state index in [1.807, 2.05) is 37.3 Å². The molecule has 0 aliphatic rings. The van der Waals surface area contributed by atoms with E-state index >= 15 is 0 Å². The molecule has 3 nitrogen and oxygen atoms in total. The monoisotopic (exact) mass is 237 g/mol. The first-order valence-corrected chi connectivity index (χ1v) is 6.07. The Morgan fingerprint density at radius 2 is 1.94 bits per heavy atom. The van der Waals surface area contributed by atoms with Crippen LogP contribution in [0.1, 0.15) is 13.8 Å². The Morgan fingerprint density at radius 1 is 1.31 bits per heavy atom. The van der Waals surface area contributed by atoms with E-state index in [-0.39, 0.29) is 16.9 Å².